The molecule has 0 fully saturated rings. The van der Waals surface area contributed by atoms with Gasteiger partial charge in [0, 0.05) is 28.7 Å². The van der Waals surface area contributed by atoms with Crippen molar-refractivity contribution in [1.29, 1.82) is 0 Å². The van der Waals surface area contributed by atoms with Gasteiger partial charge in [0.1, 0.15) is 0 Å². The molecule has 1 unspecified atom stereocenters. The SMILES string of the molecule is Cc1nc(C)c(C(C)N(C)C(=O)c2ccc(C)c(NC(=O)c3ccccc3)c2)s1. The molecule has 0 spiro atoms. The van der Waals surface area contributed by atoms with Gasteiger partial charge in [-0.05, 0) is 57.5 Å². The van der Waals surface area contributed by atoms with Crippen LogP contribution in [0.4, 0.5) is 5.69 Å². The molecule has 5 nitrogen and oxygen atoms in total. The molecule has 0 aliphatic carbocycles. The second kappa shape index (κ2) is 8.57. The summed E-state index contributed by atoms with van der Waals surface area (Å²) in [5.74, 6) is -0.297. The first kappa shape index (κ1) is 20.7. The summed E-state index contributed by atoms with van der Waals surface area (Å²) < 4.78 is 0. The quantitative estimate of drug-likeness (QED) is 0.636. The molecule has 1 heterocycles. The second-order valence-corrected chi connectivity index (χ2v) is 8.36. The summed E-state index contributed by atoms with van der Waals surface area (Å²) in [6.45, 7) is 7.85. The topological polar surface area (TPSA) is 62.3 Å². The van der Waals surface area contributed by atoms with Crippen molar-refractivity contribution in [1.82, 2.24) is 9.88 Å². The first-order valence-corrected chi connectivity index (χ1v) is 10.3. The fraction of sp³-hybridized carbons (Fsp3) is 0.261. The Balaban J connectivity index is 1.81. The van der Waals surface area contributed by atoms with Crippen molar-refractivity contribution in [3.63, 3.8) is 0 Å². The van der Waals surface area contributed by atoms with Gasteiger partial charge >= 0.3 is 0 Å². The van der Waals surface area contributed by atoms with E-state index in [1.54, 1.807) is 47.5 Å². The van der Waals surface area contributed by atoms with Gasteiger partial charge in [-0.3, -0.25) is 9.59 Å². The molecule has 2 aromatic carbocycles. The number of anilines is 1. The first-order valence-electron chi connectivity index (χ1n) is 9.46. The van der Waals surface area contributed by atoms with Crippen LogP contribution in [-0.4, -0.2) is 28.7 Å². The van der Waals surface area contributed by atoms with Crippen LogP contribution in [0.3, 0.4) is 0 Å². The average Bonchev–Trinajstić information content (AvgIpc) is 3.06. The summed E-state index contributed by atoms with van der Waals surface area (Å²) in [4.78, 5) is 32.9. The van der Waals surface area contributed by atoms with Crippen molar-refractivity contribution >= 4 is 28.8 Å². The first-order chi connectivity index (χ1) is 13.8. The highest BCUT2D eigenvalue weighted by Gasteiger charge is 2.23. The minimum absolute atomic E-state index is 0.0858. The number of carbonyl (C=O) groups is 2. The number of hydrogen-bond donors (Lipinski definition) is 1. The van der Waals surface area contributed by atoms with E-state index in [-0.39, 0.29) is 17.9 Å². The van der Waals surface area contributed by atoms with E-state index < -0.39 is 0 Å². The summed E-state index contributed by atoms with van der Waals surface area (Å²) >= 11 is 1.61. The molecule has 29 heavy (non-hydrogen) atoms. The zero-order valence-electron chi connectivity index (χ0n) is 17.3. The molecule has 0 saturated carbocycles. The minimum Gasteiger partial charge on any atom is -0.334 e. The zero-order valence-corrected chi connectivity index (χ0v) is 18.1. The lowest BCUT2D eigenvalue weighted by Gasteiger charge is -2.25. The molecule has 3 aromatic rings. The van der Waals surface area contributed by atoms with Crippen LogP contribution in [0.5, 0.6) is 0 Å². The number of hydrogen-bond acceptors (Lipinski definition) is 4. The largest absolute Gasteiger partial charge is 0.334 e. The van der Waals surface area contributed by atoms with E-state index >= 15 is 0 Å². The standard InChI is InChI=1S/C23H25N3O2S/c1-14-11-12-19(13-20(14)25-22(27)18-9-7-6-8-10-18)23(28)26(5)16(3)21-15(2)24-17(4)29-21/h6-13,16H,1-5H3,(H,25,27). The molecule has 0 bridgehead atoms. The van der Waals surface area contributed by atoms with E-state index in [2.05, 4.69) is 10.3 Å². The van der Waals surface area contributed by atoms with Crippen molar-refractivity contribution in [3.8, 4) is 0 Å². The van der Waals surface area contributed by atoms with E-state index in [0.29, 0.717) is 16.8 Å². The van der Waals surface area contributed by atoms with Gasteiger partial charge in [-0.25, -0.2) is 4.98 Å². The number of aryl methyl sites for hydroxylation is 3. The summed E-state index contributed by atoms with van der Waals surface area (Å²) in [6, 6.07) is 14.3. The summed E-state index contributed by atoms with van der Waals surface area (Å²) in [6.07, 6.45) is 0. The molecule has 0 aliphatic rings. The van der Waals surface area contributed by atoms with Gasteiger partial charge in [-0.15, -0.1) is 11.3 Å². The fourth-order valence-electron chi connectivity index (χ4n) is 3.16. The predicted molar refractivity (Wildman–Crippen MR) is 118 cm³/mol. The monoisotopic (exact) mass is 407 g/mol. The maximum absolute atomic E-state index is 13.1. The fourth-order valence-corrected chi connectivity index (χ4v) is 4.19. The average molecular weight is 408 g/mol. The van der Waals surface area contributed by atoms with Crippen LogP contribution in [0.1, 0.15) is 54.8 Å². The molecule has 2 amide bonds. The number of amides is 2. The Morgan fingerprint density at radius 1 is 1.03 bits per heavy atom. The summed E-state index contributed by atoms with van der Waals surface area (Å²) in [7, 11) is 1.80. The van der Waals surface area contributed by atoms with E-state index in [0.717, 1.165) is 21.1 Å². The smallest absolute Gasteiger partial charge is 0.255 e. The van der Waals surface area contributed by atoms with Crippen LogP contribution in [0.25, 0.3) is 0 Å². The molecule has 0 aliphatic heterocycles. The predicted octanol–water partition coefficient (Wildman–Crippen LogP) is 5.15. The van der Waals surface area contributed by atoms with Crippen molar-refractivity contribution in [2.24, 2.45) is 0 Å². The van der Waals surface area contributed by atoms with Crippen LogP contribution < -0.4 is 5.32 Å². The summed E-state index contributed by atoms with van der Waals surface area (Å²) in [5.41, 5.74) is 3.60. The molecular weight excluding hydrogens is 382 g/mol. The Bertz CT molecular complexity index is 1040. The van der Waals surface area contributed by atoms with Gasteiger partial charge in [0.25, 0.3) is 11.8 Å². The van der Waals surface area contributed by atoms with Crippen molar-refractivity contribution in [2.45, 2.75) is 33.7 Å². The van der Waals surface area contributed by atoms with E-state index in [9.17, 15) is 9.59 Å². The number of benzene rings is 2. The van der Waals surface area contributed by atoms with E-state index in [1.807, 2.05) is 52.0 Å². The Kier molecular flexibility index (Phi) is 6.13. The number of aromatic nitrogens is 1. The maximum atomic E-state index is 13.1. The van der Waals surface area contributed by atoms with Crippen LogP contribution in [0.15, 0.2) is 48.5 Å². The molecule has 1 atom stereocenters. The normalized spacial score (nSPS) is 11.8. The Labute approximate surface area is 175 Å². The molecule has 1 N–H and O–H groups in total. The molecule has 150 valence electrons. The Hall–Kier alpha value is -2.99. The van der Waals surface area contributed by atoms with E-state index in [4.69, 9.17) is 0 Å². The van der Waals surface area contributed by atoms with Crippen molar-refractivity contribution < 1.29 is 9.59 Å². The van der Waals surface area contributed by atoms with Gasteiger partial charge in [0.2, 0.25) is 0 Å². The maximum Gasteiger partial charge on any atom is 0.255 e. The number of nitrogens with zero attached hydrogens (tertiary/aromatic N) is 2. The van der Waals surface area contributed by atoms with Crippen LogP contribution in [-0.2, 0) is 0 Å². The van der Waals surface area contributed by atoms with Gasteiger partial charge in [-0.1, -0.05) is 24.3 Å². The molecule has 6 heteroatoms. The third-order valence-electron chi connectivity index (χ3n) is 4.99. The zero-order chi connectivity index (χ0) is 21.1. The third-order valence-corrected chi connectivity index (χ3v) is 6.23. The lowest BCUT2D eigenvalue weighted by Crippen LogP contribution is -2.29. The number of rotatable bonds is 5. The van der Waals surface area contributed by atoms with E-state index in [1.165, 1.54) is 0 Å². The lowest BCUT2D eigenvalue weighted by atomic mass is 10.1. The molecule has 0 saturated heterocycles. The highest BCUT2D eigenvalue weighted by molar-refractivity contribution is 7.11. The minimum atomic E-state index is -0.198. The van der Waals surface area contributed by atoms with Crippen LogP contribution in [0.2, 0.25) is 0 Å². The second-order valence-electron chi connectivity index (χ2n) is 7.12. The molecular formula is C23H25N3O2S. The van der Waals surface area contributed by atoms with Crippen LogP contribution >= 0.6 is 11.3 Å². The van der Waals surface area contributed by atoms with Crippen molar-refractivity contribution in [2.75, 3.05) is 12.4 Å². The highest BCUT2D eigenvalue weighted by Crippen LogP contribution is 2.29. The van der Waals surface area contributed by atoms with Gasteiger partial charge < -0.3 is 10.2 Å². The highest BCUT2D eigenvalue weighted by atomic mass is 32.1. The Morgan fingerprint density at radius 3 is 2.34 bits per heavy atom. The summed E-state index contributed by atoms with van der Waals surface area (Å²) in [5, 5.41) is 3.91. The number of thiazole rings is 1. The number of nitrogens with one attached hydrogen (secondary N) is 1. The van der Waals surface area contributed by atoms with Gasteiger partial charge in [0.05, 0.1) is 16.7 Å². The van der Waals surface area contributed by atoms with Crippen LogP contribution in [0, 0.1) is 20.8 Å². The number of carbonyl (C=O) groups excluding carboxylic acids is 2. The van der Waals surface area contributed by atoms with Crippen molar-refractivity contribution in [3.05, 3.63) is 80.8 Å². The molecule has 1 aromatic heterocycles. The Morgan fingerprint density at radius 2 is 1.72 bits per heavy atom. The third kappa shape index (κ3) is 4.54. The molecule has 3 rings (SSSR count). The van der Waals surface area contributed by atoms with Gasteiger partial charge in [0.15, 0.2) is 0 Å². The lowest BCUT2D eigenvalue weighted by molar-refractivity contribution is 0.0744. The van der Waals surface area contributed by atoms with Gasteiger partial charge in [-0.2, -0.15) is 0 Å². The molecule has 0 radical (unpaired) electrons.